The molecule has 0 amide bonds. The zero-order valence-electron chi connectivity index (χ0n) is 11.6. The Balaban J connectivity index is -0.0000000596. The number of hydrogen-bond donors (Lipinski definition) is 2. The van der Waals surface area contributed by atoms with E-state index in [0.29, 0.717) is 26.4 Å². The topological polar surface area (TPSA) is 58.9 Å². The Labute approximate surface area is 113 Å². The highest BCUT2D eigenvalue weighted by Crippen LogP contribution is 1.76. The second-order valence-corrected chi connectivity index (χ2v) is 1.67. The normalized spacial score (nSPS) is 6.56. The van der Waals surface area contributed by atoms with Crippen molar-refractivity contribution in [2.45, 2.75) is 0 Å². The summed E-state index contributed by atoms with van der Waals surface area (Å²) in [5.41, 5.74) is 0. The van der Waals surface area contributed by atoms with Crippen LogP contribution in [0.1, 0.15) is 0 Å². The summed E-state index contributed by atoms with van der Waals surface area (Å²) in [6, 6.07) is 0. The SMILES string of the molecule is C=C.C=C.C=C.C=C.OCCOCCOCCO. The summed E-state index contributed by atoms with van der Waals surface area (Å²) < 4.78 is 9.75. The van der Waals surface area contributed by atoms with E-state index in [1.54, 1.807) is 0 Å². The zero-order valence-corrected chi connectivity index (χ0v) is 11.6. The Bertz CT molecular complexity index is 83.8. The van der Waals surface area contributed by atoms with E-state index >= 15 is 0 Å². The molecule has 0 aliphatic heterocycles. The second-order valence-electron chi connectivity index (χ2n) is 1.67. The molecule has 2 N–H and O–H groups in total. The first kappa shape index (κ1) is 30.1. The van der Waals surface area contributed by atoms with Gasteiger partial charge in [0.05, 0.1) is 39.6 Å². The van der Waals surface area contributed by atoms with Gasteiger partial charge in [-0.25, -0.2) is 0 Å². The smallest absolute Gasteiger partial charge is 0.0701 e. The van der Waals surface area contributed by atoms with E-state index in [-0.39, 0.29) is 13.2 Å². The van der Waals surface area contributed by atoms with Gasteiger partial charge in [0, 0.05) is 0 Å². The third-order valence-corrected chi connectivity index (χ3v) is 0.843. The molecule has 0 aromatic heterocycles. The number of ether oxygens (including phenoxy) is 2. The molecule has 4 nitrogen and oxygen atoms in total. The third kappa shape index (κ3) is 83.8. The predicted octanol–water partition coefficient (Wildman–Crippen LogP) is 2.21. The number of hydrogen-bond acceptors (Lipinski definition) is 4. The fourth-order valence-corrected chi connectivity index (χ4v) is 0.451. The summed E-state index contributed by atoms with van der Waals surface area (Å²) in [7, 11) is 0. The van der Waals surface area contributed by atoms with Gasteiger partial charge in [0.15, 0.2) is 0 Å². The minimum atomic E-state index is 0.0417. The lowest BCUT2D eigenvalue weighted by Gasteiger charge is -2.01. The highest BCUT2D eigenvalue weighted by Gasteiger charge is 1.86. The average Bonchev–Trinajstić information content (AvgIpc) is 2.51. The van der Waals surface area contributed by atoms with Crippen LogP contribution in [0.25, 0.3) is 0 Å². The molecule has 0 atom stereocenters. The first-order valence-corrected chi connectivity index (χ1v) is 5.29. The molecule has 0 heterocycles. The minimum Gasteiger partial charge on any atom is -0.394 e. The highest BCUT2D eigenvalue weighted by atomic mass is 16.5. The second kappa shape index (κ2) is 74.8. The number of aliphatic hydroxyl groups is 2. The van der Waals surface area contributed by atoms with Gasteiger partial charge in [-0.15, -0.1) is 52.6 Å². The molecular formula is C14H30O4. The molecule has 110 valence electrons. The quantitative estimate of drug-likeness (QED) is 0.545. The molecule has 0 saturated heterocycles. The van der Waals surface area contributed by atoms with Crippen molar-refractivity contribution in [1.29, 1.82) is 0 Å². The maximum atomic E-state index is 8.26. The summed E-state index contributed by atoms with van der Waals surface area (Å²) in [6.07, 6.45) is 0. The van der Waals surface area contributed by atoms with E-state index in [2.05, 4.69) is 52.6 Å². The Morgan fingerprint density at radius 1 is 0.500 bits per heavy atom. The summed E-state index contributed by atoms with van der Waals surface area (Å²) in [4.78, 5) is 0. The van der Waals surface area contributed by atoms with Crippen LogP contribution in [0.4, 0.5) is 0 Å². The molecule has 18 heavy (non-hydrogen) atoms. The van der Waals surface area contributed by atoms with Gasteiger partial charge in [-0.05, 0) is 0 Å². The van der Waals surface area contributed by atoms with E-state index in [1.807, 2.05) is 0 Å². The third-order valence-electron chi connectivity index (χ3n) is 0.843. The Kier molecular flexibility index (Phi) is 125. The molecular weight excluding hydrogens is 232 g/mol. The fourth-order valence-electron chi connectivity index (χ4n) is 0.451. The first-order chi connectivity index (χ1) is 8.91. The van der Waals surface area contributed by atoms with Crippen molar-refractivity contribution in [2.24, 2.45) is 0 Å². The van der Waals surface area contributed by atoms with Crippen LogP contribution in [0.2, 0.25) is 0 Å². The van der Waals surface area contributed by atoms with Crippen LogP contribution in [0, 0.1) is 0 Å². The molecule has 0 bridgehead atoms. The molecule has 0 radical (unpaired) electrons. The van der Waals surface area contributed by atoms with Gasteiger partial charge >= 0.3 is 0 Å². The molecule has 0 aromatic carbocycles. The van der Waals surface area contributed by atoms with Crippen molar-refractivity contribution in [3.05, 3.63) is 52.6 Å². The van der Waals surface area contributed by atoms with E-state index in [1.165, 1.54) is 0 Å². The average molecular weight is 262 g/mol. The summed E-state index contributed by atoms with van der Waals surface area (Å²) in [6.45, 7) is 25.7. The molecule has 0 fully saturated rings. The van der Waals surface area contributed by atoms with Crippen molar-refractivity contribution in [2.75, 3.05) is 39.6 Å². The van der Waals surface area contributed by atoms with Crippen molar-refractivity contribution in [1.82, 2.24) is 0 Å². The summed E-state index contributed by atoms with van der Waals surface area (Å²) in [5.74, 6) is 0. The van der Waals surface area contributed by atoms with Gasteiger partial charge in [-0.1, -0.05) is 0 Å². The zero-order chi connectivity index (χ0) is 15.7. The van der Waals surface area contributed by atoms with Crippen LogP contribution in [0.5, 0.6) is 0 Å². The fraction of sp³-hybridized carbons (Fsp3) is 0.429. The van der Waals surface area contributed by atoms with Gasteiger partial charge in [-0.2, -0.15) is 0 Å². The van der Waals surface area contributed by atoms with Crippen molar-refractivity contribution < 1.29 is 19.7 Å². The van der Waals surface area contributed by atoms with Crippen LogP contribution >= 0.6 is 0 Å². The lowest BCUT2D eigenvalue weighted by molar-refractivity contribution is 0.0222. The van der Waals surface area contributed by atoms with E-state index in [0.717, 1.165) is 0 Å². The van der Waals surface area contributed by atoms with Crippen LogP contribution < -0.4 is 0 Å². The molecule has 0 aliphatic carbocycles. The van der Waals surface area contributed by atoms with E-state index < -0.39 is 0 Å². The maximum Gasteiger partial charge on any atom is 0.0701 e. The first-order valence-electron chi connectivity index (χ1n) is 5.29. The molecule has 0 aromatic rings. The van der Waals surface area contributed by atoms with Gasteiger partial charge in [0.2, 0.25) is 0 Å². The van der Waals surface area contributed by atoms with Crippen LogP contribution in [0.15, 0.2) is 52.6 Å². The molecule has 0 aliphatic rings. The molecule has 4 heteroatoms. The standard InChI is InChI=1S/C6H14O4.4C2H4/c7-1-3-9-5-6-10-4-2-8;4*1-2/h7-8H,1-6H2;4*1-2H2. The van der Waals surface area contributed by atoms with Crippen molar-refractivity contribution in [3.8, 4) is 0 Å². The Morgan fingerprint density at radius 3 is 0.889 bits per heavy atom. The Hall–Kier alpha value is -1.20. The molecule has 0 saturated carbocycles. The van der Waals surface area contributed by atoms with Gasteiger partial charge < -0.3 is 19.7 Å². The maximum absolute atomic E-state index is 8.26. The Morgan fingerprint density at radius 2 is 0.722 bits per heavy atom. The largest absolute Gasteiger partial charge is 0.394 e. The number of rotatable bonds is 7. The van der Waals surface area contributed by atoms with Crippen LogP contribution in [-0.4, -0.2) is 49.9 Å². The minimum absolute atomic E-state index is 0.0417. The van der Waals surface area contributed by atoms with Gasteiger partial charge in [0.25, 0.3) is 0 Å². The monoisotopic (exact) mass is 262 g/mol. The molecule has 0 unspecified atom stereocenters. The van der Waals surface area contributed by atoms with E-state index in [9.17, 15) is 0 Å². The van der Waals surface area contributed by atoms with Crippen LogP contribution in [-0.2, 0) is 9.47 Å². The summed E-state index contributed by atoms with van der Waals surface area (Å²) in [5, 5.41) is 16.5. The molecule has 0 rings (SSSR count). The van der Waals surface area contributed by atoms with Gasteiger partial charge in [-0.3, -0.25) is 0 Å². The van der Waals surface area contributed by atoms with Gasteiger partial charge in [0.1, 0.15) is 0 Å². The highest BCUT2D eigenvalue weighted by molar-refractivity contribution is 4.30. The number of aliphatic hydroxyl groups excluding tert-OH is 2. The predicted molar refractivity (Wildman–Crippen MR) is 80.8 cm³/mol. The lowest BCUT2D eigenvalue weighted by atomic mass is 10.7. The van der Waals surface area contributed by atoms with Crippen molar-refractivity contribution >= 4 is 0 Å². The van der Waals surface area contributed by atoms with E-state index in [4.69, 9.17) is 19.7 Å². The molecule has 0 spiro atoms. The summed E-state index contributed by atoms with van der Waals surface area (Å²) >= 11 is 0. The lowest BCUT2D eigenvalue weighted by Crippen LogP contribution is -2.09. The van der Waals surface area contributed by atoms with Crippen LogP contribution in [0.3, 0.4) is 0 Å². The van der Waals surface area contributed by atoms with Crippen molar-refractivity contribution in [3.63, 3.8) is 0 Å².